The molecule has 0 aliphatic heterocycles. The zero-order chi connectivity index (χ0) is 28.0. The Labute approximate surface area is 214 Å². The van der Waals surface area contributed by atoms with Crippen LogP contribution in [0.25, 0.3) is 11.1 Å². The normalized spacial score (nSPS) is 12.6. The molecule has 3 aromatic carbocycles. The van der Waals surface area contributed by atoms with E-state index in [2.05, 4.69) is 4.74 Å². The SMILES string of the molecule is CCCCC(CO)CCCc1cc(F)c(C(F)(F)Oc2ccc(-c3cc(F)c(F)c(F)c3)c(F)c2)c(F)c1. The lowest BCUT2D eigenvalue weighted by atomic mass is 9.95. The van der Waals surface area contributed by atoms with Crippen molar-refractivity contribution in [2.75, 3.05) is 6.61 Å². The van der Waals surface area contributed by atoms with E-state index in [1.54, 1.807) is 0 Å². The Morgan fingerprint density at radius 3 is 1.95 bits per heavy atom. The summed E-state index contributed by atoms with van der Waals surface area (Å²) in [5, 5.41) is 9.42. The van der Waals surface area contributed by atoms with Crippen molar-refractivity contribution in [1.82, 2.24) is 0 Å². The van der Waals surface area contributed by atoms with E-state index < -0.39 is 63.5 Å². The van der Waals surface area contributed by atoms with Crippen molar-refractivity contribution in [3.05, 3.63) is 88.5 Å². The van der Waals surface area contributed by atoms with Gasteiger partial charge in [-0.2, -0.15) is 8.78 Å². The van der Waals surface area contributed by atoms with Crippen LogP contribution in [0.5, 0.6) is 5.75 Å². The number of aliphatic hydroxyl groups excluding tert-OH is 1. The van der Waals surface area contributed by atoms with Crippen LogP contribution < -0.4 is 4.74 Å². The molecule has 1 unspecified atom stereocenters. The van der Waals surface area contributed by atoms with Gasteiger partial charge in [0, 0.05) is 18.2 Å². The van der Waals surface area contributed by atoms with Crippen LogP contribution >= 0.6 is 0 Å². The average Bonchev–Trinajstić information content (AvgIpc) is 2.83. The number of alkyl halides is 2. The lowest BCUT2D eigenvalue weighted by Crippen LogP contribution is -2.25. The maximum absolute atomic E-state index is 14.7. The van der Waals surface area contributed by atoms with E-state index in [1.165, 1.54) is 0 Å². The van der Waals surface area contributed by atoms with Crippen LogP contribution in [-0.2, 0) is 12.5 Å². The van der Waals surface area contributed by atoms with Gasteiger partial charge in [0.1, 0.15) is 28.8 Å². The monoisotopic (exact) mass is 546 g/mol. The van der Waals surface area contributed by atoms with E-state index >= 15 is 0 Å². The molecule has 0 saturated heterocycles. The van der Waals surface area contributed by atoms with Gasteiger partial charge < -0.3 is 9.84 Å². The van der Waals surface area contributed by atoms with Gasteiger partial charge >= 0.3 is 6.11 Å². The van der Waals surface area contributed by atoms with Crippen LogP contribution in [-0.4, -0.2) is 11.7 Å². The standard InChI is InChI=1S/C28H26F8O2/c1-2-3-5-16(15-37)6-4-7-17-10-22(30)26(23(31)11-17)28(35,36)38-19-8-9-20(21(29)14-19)18-12-24(32)27(34)25(33)13-18/h8-14,16,37H,2-7,15H2,1H3. The fourth-order valence-electron chi connectivity index (χ4n) is 4.17. The van der Waals surface area contributed by atoms with Crippen LogP contribution in [0, 0.1) is 40.8 Å². The van der Waals surface area contributed by atoms with Crippen molar-refractivity contribution in [3.8, 4) is 16.9 Å². The number of unbranched alkanes of at least 4 members (excludes halogenated alkanes) is 1. The van der Waals surface area contributed by atoms with Gasteiger partial charge in [-0.15, -0.1) is 0 Å². The molecular weight excluding hydrogens is 520 g/mol. The van der Waals surface area contributed by atoms with Gasteiger partial charge in [0.25, 0.3) is 0 Å². The number of rotatable bonds is 12. The maximum atomic E-state index is 14.7. The molecule has 3 aromatic rings. The Hall–Kier alpha value is -3.14. The molecular formula is C28H26F8O2. The third-order valence-corrected chi connectivity index (χ3v) is 6.18. The van der Waals surface area contributed by atoms with Crippen molar-refractivity contribution in [2.45, 2.75) is 51.6 Å². The van der Waals surface area contributed by atoms with Crippen molar-refractivity contribution in [1.29, 1.82) is 0 Å². The lowest BCUT2D eigenvalue weighted by Gasteiger charge is -2.20. The van der Waals surface area contributed by atoms with Crippen LogP contribution in [0.3, 0.4) is 0 Å². The number of halogens is 8. The first-order chi connectivity index (χ1) is 18.0. The Morgan fingerprint density at radius 1 is 0.789 bits per heavy atom. The highest BCUT2D eigenvalue weighted by Crippen LogP contribution is 2.37. The van der Waals surface area contributed by atoms with Gasteiger partial charge in [0.15, 0.2) is 17.5 Å². The van der Waals surface area contributed by atoms with Crippen LogP contribution in [0.4, 0.5) is 35.1 Å². The molecule has 206 valence electrons. The Morgan fingerprint density at radius 2 is 1.39 bits per heavy atom. The summed E-state index contributed by atoms with van der Waals surface area (Å²) in [5.41, 5.74) is -2.36. The molecule has 1 N–H and O–H groups in total. The van der Waals surface area contributed by atoms with Gasteiger partial charge in [0.2, 0.25) is 0 Å². The molecule has 0 aliphatic carbocycles. The molecule has 0 fully saturated rings. The third-order valence-electron chi connectivity index (χ3n) is 6.18. The molecule has 0 aromatic heterocycles. The number of ether oxygens (including phenoxy) is 1. The summed E-state index contributed by atoms with van der Waals surface area (Å²) in [6, 6.07) is 4.70. The molecule has 0 amide bonds. The summed E-state index contributed by atoms with van der Waals surface area (Å²) in [7, 11) is 0. The van der Waals surface area contributed by atoms with E-state index in [1.807, 2.05) is 6.92 Å². The smallest absolute Gasteiger partial charge is 0.429 e. The predicted octanol–water partition coefficient (Wildman–Crippen LogP) is 8.44. The fraction of sp³-hybridized carbons (Fsp3) is 0.357. The van der Waals surface area contributed by atoms with E-state index in [-0.39, 0.29) is 24.5 Å². The number of hydrogen-bond acceptors (Lipinski definition) is 2. The van der Waals surface area contributed by atoms with E-state index in [9.17, 15) is 40.2 Å². The molecule has 2 nitrogen and oxygen atoms in total. The zero-order valence-electron chi connectivity index (χ0n) is 20.4. The van der Waals surface area contributed by atoms with Crippen molar-refractivity contribution in [3.63, 3.8) is 0 Å². The van der Waals surface area contributed by atoms with Crippen LogP contribution in [0.15, 0.2) is 42.5 Å². The summed E-state index contributed by atoms with van der Waals surface area (Å²) in [6.45, 7) is 2.01. The molecule has 38 heavy (non-hydrogen) atoms. The molecule has 0 radical (unpaired) electrons. The Kier molecular flexibility index (Phi) is 9.76. The van der Waals surface area contributed by atoms with Gasteiger partial charge in [-0.25, -0.2) is 26.3 Å². The molecule has 0 bridgehead atoms. The first kappa shape index (κ1) is 29.4. The van der Waals surface area contributed by atoms with Gasteiger partial charge in [-0.3, -0.25) is 0 Å². The molecule has 0 spiro atoms. The largest absolute Gasteiger partial charge is 0.432 e. The highest BCUT2D eigenvalue weighted by atomic mass is 19.3. The lowest BCUT2D eigenvalue weighted by molar-refractivity contribution is -0.189. The molecule has 10 heteroatoms. The maximum Gasteiger partial charge on any atom is 0.432 e. The first-order valence-electron chi connectivity index (χ1n) is 12.1. The highest BCUT2D eigenvalue weighted by molar-refractivity contribution is 5.65. The molecule has 0 heterocycles. The Balaban J connectivity index is 1.75. The topological polar surface area (TPSA) is 29.5 Å². The van der Waals surface area contributed by atoms with E-state index in [0.717, 1.165) is 43.5 Å². The minimum Gasteiger partial charge on any atom is -0.429 e. The fourth-order valence-corrected chi connectivity index (χ4v) is 4.17. The summed E-state index contributed by atoms with van der Waals surface area (Å²) in [5.74, 6) is -10.0. The quantitative estimate of drug-likeness (QED) is 0.183. The van der Waals surface area contributed by atoms with Gasteiger partial charge in [-0.1, -0.05) is 19.8 Å². The second kappa shape index (κ2) is 12.6. The van der Waals surface area contributed by atoms with Crippen LogP contribution in [0.2, 0.25) is 0 Å². The summed E-state index contributed by atoms with van der Waals surface area (Å²) >= 11 is 0. The highest BCUT2D eigenvalue weighted by Gasteiger charge is 2.41. The zero-order valence-corrected chi connectivity index (χ0v) is 20.4. The van der Waals surface area contributed by atoms with Crippen LogP contribution in [0.1, 0.15) is 50.2 Å². The molecule has 0 aliphatic rings. The van der Waals surface area contributed by atoms with Crippen molar-refractivity contribution >= 4 is 0 Å². The number of aryl methyl sites for hydroxylation is 1. The minimum absolute atomic E-state index is 0.00946. The number of aliphatic hydroxyl groups is 1. The minimum atomic E-state index is -4.53. The summed E-state index contributed by atoms with van der Waals surface area (Å²) in [6.07, 6.45) is -0.494. The van der Waals surface area contributed by atoms with Crippen molar-refractivity contribution < 1.29 is 45.0 Å². The first-order valence-corrected chi connectivity index (χ1v) is 12.1. The van der Waals surface area contributed by atoms with E-state index in [4.69, 9.17) is 0 Å². The average molecular weight is 546 g/mol. The second-order valence-electron chi connectivity index (χ2n) is 9.03. The number of benzene rings is 3. The second-order valence-corrected chi connectivity index (χ2v) is 9.03. The van der Waals surface area contributed by atoms with Crippen molar-refractivity contribution in [2.24, 2.45) is 5.92 Å². The third kappa shape index (κ3) is 7.03. The molecule has 3 rings (SSSR count). The predicted molar refractivity (Wildman–Crippen MR) is 126 cm³/mol. The van der Waals surface area contributed by atoms with Gasteiger partial charge in [0.05, 0.1) is 0 Å². The summed E-state index contributed by atoms with van der Waals surface area (Å²) < 4.78 is 118. The molecule has 0 saturated carbocycles. The Bertz CT molecular complexity index is 1220. The van der Waals surface area contributed by atoms with Gasteiger partial charge in [-0.05, 0) is 79.1 Å². The molecule has 1 atom stereocenters. The summed E-state index contributed by atoms with van der Waals surface area (Å²) in [4.78, 5) is 0. The van der Waals surface area contributed by atoms with E-state index in [0.29, 0.717) is 31.0 Å². The number of hydrogen-bond donors (Lipinski definition) is 1.